The first-order valence-electron chi connectivity index (χ1n) is 6.95. The monoisotopic (exact) mass is 310 g/mol. The van der Waals surface area contributed by atoms with Gasteiger partial charge < -0.3 is 9.72 Å². The minimum Gasteiger partial charge on any atom is -0.465 e. The smallest absolute Gasteiger partial charge is 0.338 e. The van der Waals surface area contributed by atoms with Gasteiger partial charge in [0.1, 0.15) is 5.65 Å². The number of esters is 1. The number of aromatic amines is 1. The Morgan fingerprint density at radius 1 is 1.17 bits per heavy atom. The van der Waals surface area contributed by atoms with Crippen LogP contribution in [-0.2, 0) is 4.74 Å². The van der Waals surface area contributed by atoms with Gasteiger partial charge >= 0.3 is 5.97 Å². The number of carbonyl (C=O) groups excluding carboxylic acids is 2. The number of ether oxygens (including phenoxy) is 1. The highest BCUT2D eigenvalue weighted by atomic mass is 16.5. The van der Waals surface area contributed by atoms with Gasteiger partial charge in [0.05, 0.1) is 18.2 Å². The Labute approximate surface area is 131 Å². The number of benzene rings is 1. The van der Waals surface area contributed by atoms with Crippen LogP contribution >= 0.6 is 0 Å². The summed E-state index contributed by atoms with van der Waals surface area (Å²) in [4.78, 5) is 39.8. The highest BCUT2D eigenvalue weighted by Gasteiger charge is 2.24. The van der Waals surface area contributed by atoms with Crippen molar-refractivity contribution in [2.75, 3.05) is 7.11 Å². The molecule has 0 aliphatic heterocycles. The summed E-state index contributed by atoms with van der Waals surface area (Å²) in [5.41, 5.74) is 1.36. The molecule has 1 aromatic carbocycles. The van der Waals surface area contributed by atoms with E-state index in [2.05, 4.69) is 4.98 Å². The molecular formula is C17H14N2O4. The van der Waals surface area contributed by atoms with Crippen molar-refractivity contribution in [2.24, 2.45) is 0 Å². The lowest BCUT2D eigenvalue weighted by Gasteiger charge is -2.09. The predicted molar refractivity (Wildman–Crippen MR) is 84.0 cm³/mol. The first kappa shape index (κ1) is 14.8. The Hall–Kier alpha value is -3.15. The molecule has 0 fully saturated rings. The van der Waals surface area contributed by atoms with Crippen LogP contribution in [0.5, 0.6) is 0 Å². The zero-order valence-corrected chi connectivity index (χ0v) is 12.6. The number of pyridine rings is 1. The molecule has 116 valence electrons. The van der Waals surface area contributed by atoms with Crippen molar-refractivity contribution in [3.05, 3.63) is 75.3 Å². The number of aryl methyl sites for hydroxylation is 1. The minimum absolute atomic E-state index is 0.0504. The van der Waals surface area contributed by atoms with Crippen LogP contribution in [0.25, 0.3) is 5.65 Å². The van der Waals surface area contributed by atoms with Gasteiger partial charge in [-0.2, -0.15) is 0 Å². The quantitative estimate of drug-likeness (QED) is 0.592. The van der Waals surface area contributed by atoms with Crippen LogP contribution in [0.3, 0.4) is 0 Å². The first-order chi connectivity index (χ1) is 11.0. The van der Waals surface area contributed by atoms with E-state index in [1.54, 1.807) is 12.1 Å². The van der Waals surface area contributed by atoms with Crippen molar-refractivity contribution in [1.82, 2.24) is 9.38 Å². The summed E-state index contributed by atoms with van der Waals surface area (Å²) >= 11 is 0. The van der Waals surface area contributed by atoms with E-state index in [0.717, 1.165) is 11.6 Å². The van der Waals surface area contributed by atoms with Crippen LogP contribution in [0.2, 0.25) is 0 Å². The van der Waals surface area contributed by atoms with Gasteiger partial charge in [0.25, 0.3) is 5.56 Å². The maximum Gasteiger partial charge on any atom is 0.338 e. The summed E-state index contributed by atoms with van der Waals surface area (Å²) in [6.45, 7) is 1.92. The van der Waals surface area contributed by atoms with Crippen LogP contribution < -0.4 is 5.56 Å². The van der Waals surface area contributed by atoms with Gasteiger partial charge in [-0.1, -0.05) is 29.8 Å². The second-order valence-corrected chi connectivity index (χ2v) is 5.14. The Morgan fingerprint density at radius 3 is 2.52 bits per heavy atom. The van der Waals surface area contributed by atoms with E-state index < -0.39 is 11.5 Å². The number of aromatic nitrogens is 2. The Kier molecular flexibility index (Phi) is 3.57. The van der Waals surface area contributed by atoms with Gasteiger partial charge in [0.15, 0.2) is 5.78 Å². The van der Waals surface area contributed by atoms with Crippen LogP contribution in [0.4, 0.5) is 0 Å². The maximum absolute atomic E-state index is 12.9. The SMILES string of the molecule is COC(=O)c1cc(=O)n2cc[nH]c2c1C(=O)c1ccc(C)cc1. The molecule has 0 atom stereocenters. The lowest BCUT2D eigenvalue weighted by atomic mass is 9.99. The molecule has 0 saturated carbocycles. The highest BCUT2D eigenvalue weighted by molar-refractivity contribution is 6.17. The average molecular weight is 310 g/mol. The van der Waals surface area contributed by atoms with E-state index in [9.17, 15) is 14.4 Å². The van der Waals surface area contributed by atoms with Crippen molar-refractivity contribution in [2.45, 2.75) is 6.92 Å². The normalized spacial score (nSPS) is 10.7. The summed E-state index contributed by atoms with van der Waals surface area (Å²) in [5.74, 6) is -1.08. The summed E-state index contributed by atoms with van der Waals surface area (Å²) in [6.07, 6.45) is 3.04. The third-order valence-electron chi connectivity index (χ3n) is 3.64. The molecule has 6 heteroatoms. The standard InChI is InChI=1S/C17H14N2O4/c1-10-3-5-11(6-4-10)15(21)14-12(17(22)23-2)9-13(20)19-8-7-18-16(14)19/h3-9,18H,1-2H3. The van der Waals surface area contributed by atoms with E-state index in [1.807, 2.05) is 19.1 Å². The lowest BCUT2D eigenvalue weighted by molar-refractivity contribution is 0.0597. The zero-order valence-electron chi connectivity index (χ0n) is 12.6. The number of nitrogens with zero attached hydrogens (tertiary/aromatic N) is 1. The molecule has 2 heterocycles. The van der Waals surface area contributed by atoms with Crippen molar-refractivity contribution >= 4 is 17.4 Å². The van der Waals surface area contributed by atoms with E-state index >= 15 is 0 Å². The zero-order chi connectivity index (χ0) is 16.6. The topological polar surface area (TPSA) is 80.6 Å². The molecule has 2 aromatic heterocycles. The highest BCUT2D eigenvalue weighted by Crippen LogP contribution is 2.19. The number of methoxy groups -OCH3 is 1. The fourth-order valence-corrected chi connectivity index (χ4v) is 2.45. The number of hydrogen-bond acceptors (Lipinski definition) is 4. The summed E-state index contributed by atoms with van der Waals surface area (Å²) in [7, 11) is 1.21. The van der Waals surface area contributed by atoms with Crippen LogP contribution in [-0.4, -0.2) is 28.2 Å². The van der Waals surface area contributed by atoms with Crippen LogP contribution in [0, 0.1) is 6.92 Å². The number of rotatable bonds is 3. The van der Waals surface area contributed by atoms with Crippen molar-refractivity contribution in [1.29, 1.82) is 0 Å². The van der Waals surface area contributed by atoms with Crippen molar-refractivity contribution in [3.8, 4) is 0 Å². The maximum atomic E-state index is 12.9. The largest absolute Gasteiger partial charge is 0.465 e. The molecular weight excluding hydrogens is 296 g/mol. The number of nitrogens with one attached hydrogen (secondary N) is 1. The molecule has 0 bridgehead atoms. The number of carbonyl (C=O) groups is 2. The van der Waals surface area contributed by atoms with Gasteiger partial charge in [-0.05, 0) is 6.92 Å². The molecule has 0 saturated heterocycles. The van der Waals surface area contributed by atoms with E-state index in [4.69, 9.17) is 4.74 Å². The van der Waals surface area contributed by atoms with Gasteiger partial charge in [0, 0.05) is 24.0 Å². The average Bonchev–Trinajstić information content (AvgIpc) is 3.04. The molecule has 3 rings (SSSR count). The van der Waals surface area contributed by atoms with Gasteiger partial charge in [-0.25, -0.2) is 4.79 Å². The molecule has 1 N–H and O–H groups in total. The predicted octanol–water partition coefficient (Wildman–Crippen LogP) is 1.95. The number of imidazole rings is 1. The third kappa shape index (κ3) is 2.44. The fourth-order valence-electron chi connectivity index (χ4n) is 2.45. The Balaban J connectivity index is 2.30. The third-order valence-corrected chi connectivity index (χ3v) is 3.64. The molecule has 3 aromatic rings. The number of H-pyrrole nitrogens is 1. The second-order valence-electron chi connectivity index (χ2n) is 5.14. The molecule has 0 unspecified atom stereocenters. The van der Waals surface area contributed by atoms with Crippen molar-refractivity contribution < 1.29 is 14.3 Å². The Bertz CT molecular complexity index is 964. The van der Waals surface area contributed by atoms with Crippen LogP contribution in [0.1, 0.15) is 31.8 Å². The second kappa shape index (κ2) is 5.57. The lowest BCUT2D eigenvalue weighted by Crippen LogP contribution is -2.21. The van der Waals surface area contributed by atoms with Gasteiger partial charge in [0.2, 0.25) is 0 Å². The number of fused-ring (bicyclic) bond motifs is 1. The Morgan fingerprint density at radius 2 is 1.87 bits per heavy atom. The van der Waals surface area contributed by atoms with E-state index in [0.29, 0.717) is 5.56 Å². The van der Waals surface area contributed by atoms with Crippen LogP contribution in [0.15, 0.2) is 47.5 Å². The fraction of sp³-hybridized carbons (Fsp3) is 0.118. The first-order valence-corrected chi connectivity index (χ1v) is 6.95. The van der Waals surface area contributed by atoms with Gasteiger partial charge in [-0.15, -0.1) is 0 Å². The summed E-state index contributed by atoms with van der Waals surface area (Å²) in [6, 6.07) is 8.11. The molecule has 0 spiro atoms. The molecule has 0 aliphatic carbocycles. The summed E-state index contributed by atoms with van der Waals surface area (Å²) in [5, 5.41) is 0. The number of ketones is 1. The minimum atomic E-state index is -0.727. The molecule has 0 amide bonds. The molecule has 6 nitrogen and oxygen atoms in total. The summed E-state index contributed by atoms with van der Waals surface area (Å²) < 4.78 is 5.99. The van der Waals surface area contributed by atoms with Gasteiger partial charge in [-0.3, -0.25) is 14.0 Å². The van der Waals surface area contributed by atoms with Crippen molar-refractivity contribution in [3.63, 3.8) is 0 Å². The molecule has 0 aliphatic rings. The number of hydrogen-bond donors (Lipinski definition) is 1. The van der Waals surface area contributed by atoms with E-state index in [1.165, 1.54) is 23.9 Å². The van der Waals surface area contributed by atoms with E-state index in [-0.39, 0.29) is 22.6 Å². The molecule has 23 heavy (non-hydrogen) atoms. The molecule has 0 radical (unpaired) electrons.